The highest BCUT2D eigenvalue weighted by Crippen LogP contribution is 2.44. The minimum atomic E-state index is -1.04. The van der Waals surface area contributed by atoms with Crippen molar-refractivity contribution in [2.45, 2.75) is 18.4 Å². The molecule has 0 radical (unpaired) electrons. The van der Waals surface area contributed by atoms with E-state index in [-0.39, 0.29) is 18.1 Å². The molecule has 0 saturated carbocycles. The van der Waals surface area contributed by atoms with Gasteiger partial charge in [0.25, 0.3) is 0 Å². The number of anilines is 1. The van der Waals surface area contributed by atoms with Gasteiger partial charge in [-0.05, 0) is 64.9 Å². The molecular formula is C27H26N2O5S. The number of rotatable bonds is 9. The fraction of sp³-hybridized carbons (Fsp3) is 0.222. The number of hydrogen-bond acceptors (Lipinski definition) is 5. The summed E-state index contributed by atoms with van der Waals surface area (Å²) in [4.78, 5) is 36.6. The van der Waals surface area contributed by atoms with Crippen LogP contribution in [0.1, 0.15) is 33.8 Å². The van der Waals surface area contributed by atoms with Crippen molar-refractivity contribution < 1.29 is 24.2 Å². The standard InChI is InChI=1S/C27H26N2O5S/c1-35-15-14-24(25(30)28-18-12-10-17(11-13-18)26(31)32)29-27(33)34-16-23-21-8-4-2-6-19(21)20-7-3-5-9-22(20)23/h2-13,23-24H,14-16H2,1H3,(H,28,30)(H,29,33)(H,31,32)/t24-/m0/s1. The van der Waals surface area contributed by atoms with Gasteiger partial charge in [0.1, 0.15) is 12.6 Å². The van der Waals surface area contributed by atoms with E-state index in [0.717, 1.165) is 22.3 Å². The molecule has 0 fully saturated rings. The van der Waals surface area contributed by atoms with Crippen LogP contribution >= 0.6 is 11.8 Å². The van der Waals surface area contributed by atoms with Gasteiger partial charge in [-0.2, -0.15) is 11.8 Å². The Morgan fingerprint density at radius 3 is 2.11 bits per heavy atom. The van der Waals surface area contributed by atoms with Crippen LogP contribution in [0.25, 0.3) is 11.1 Å². The zero-order valence-electron chi connectivity index (χ0n) is 19.2. The van der Waals surface area contributed by atoms with E-state index in [1.54, 1.807) is 11.8 Å². The molecule has 0 bridgehead atoms. The second kappa shape index (κ2) is 11.1. The number of carboxylic acids is 1. The molecule has 180 valence electrons. The number of hydrogen-bond donors (Lipinski definition) is 3. The molecule has 4 rings (SSSR count). The molecule has 1 aliphatic rings. The summed E-state index contributed by atoms with van der Waals surface area (Å²) in [7, 11) is 0. The van der Waals surface area contributed by atoms with Crippen LogP contribution in [-0.4, -0.2) is 47.7 Å². The first-order valence-electron chi connectivity index (χ1n) is 11.2. The minimum Gasteiger partial charge on any atom is -0.478 e. The summed E-state index contributed by atoms with van der Waals surface area (Å²) in [6.07, 6.45) is 1.69. The molecule has 0 heterocycles. The van der Waals surface area contributed by atoms with Gasteiger partial charge in [0.2, 0.25) is 5.91 Å². The lowest BCUT2D eigenvalue weighted by molar-refractivity contribution is -0.118. The highest BCUT2D eigenvalue weighted by molar-refractivity contribution is 7.98. The normalized spacial score (nSPS) is 12.8. The van der Waals surface area contributed by atoms with Gasteiger partial charge in [-0.3, -0.25) is 4.79 Å². The van der Waals surface area contributed by atoms with Crippen molar-refractivity contribution >= 4 is 35.4 Å². The maximum atomic E-state index is 12.9. The molecule has 1 atom stereocenters. The Morgan fingerprint density at radius 1 is 0.943 bits per heavy atom. The number of aromatic carboxylic acids is 1. The summed E-state index contributed by atoms with van der Waals surface area (Å²) in [5, 5.41) is 14.5. The van der Waals surface area contributed by atoms with E-state index in [2.05, 4.69) is 22.8 Å². The van der Waals surface area contributed by atoms with Gasteiger partial charge in [0.15, 0.2) is 0 Å². The molecule has 3 aromatic carbocycles. The van der Waals surface area contributed by atoms with Crippen LogP contribution in [0.3, 0.4) is 0 Å². The number of carboxylic acid groups (broad SMARTS) is 1. The first kappa shape index (κ1) is 24.3. The minimum absolute atomic E-state index is 0.0700. The van der Waals surface area contributed by atoms with Crippen molar-refractivity contribution in [3.05, 3.63) is 89.5 Å². The Balaban J connectivity index is 1.40. The van der Waals surface area contributed by atoms with E-state index in [1.807, 2.05) is 42.7 Å². The van der Waals surface area contributed by atoms with Crippen molar-refractivity contribution in [2.24, 2.45) is 0 Å². The van der Waals surface area contributed by atoms with Gasteiger partial charge < -0.3 is 20.5 Å². The number of benzene rings is 3. The van der Waals surface area contributed by atoms with Crippen LogP contribution in [0.2, 0.25) is 0 Å². The average Bonchev–Trinajstić information content (AvgIpc) is 3.19. The van der Waals surface area contributed by atoms with Crippen molar-refractivity contribution in [1.82, 2.24) is 5.32 Å². The van der Waals surface area contributed by atoms with Gasteiger partial charge in [-0.15, -0.1) is 0 Å². The predicted octanol–water partition coefficient (Wildman–Crippen LogP) is 4.98. The maximum Gasteiger partial charge on any atom is 0.407 e. The topological polar surface area (TPSA) is 105 Å². The molecule has 0 unspecified atom stereocenters. The molecular weight excluding hydrogens is 464 g/mol. The summed E-state index contributed by atoms with van der Waals surface area (Å²) in [6, 6.07) is 21.2. The Morgan fingerprint density at radius 2 is 1.54 bits per heavy atom. The third kappa shape index (κ3) is 5.66. The highest BCUT2D eigenvalue weighted by atomic mass is 32.2. The summed E-state index contributed by atoms with van der Waals surface area (Å²) < 4.78 is 5.59. The van der Waals surface area contributed by atoms with Crippen LogP contribution in [0, 0.1) is 0 Å². The number of thioether (sulfide) groups is 1. The predicted molar refractivity (Wildman–Crippen MR) is 137 cm³/mol. The highest BCUT2D eigenvalue weighted by Gasteiger charge is 2.29. The number of nitrogens with one attached hydrogen (secondary N) is 2. The van der Waals surface area contributed by atoms with Crippen LogP contribution in [0.15, 0.2) is 72.8 Å². The monoisotopic (exact) mass is 490 g/mol. The van der Waals surface area contributed by atoms with E-state index in [1.165, 1.54) is 24.3 Å². The number of fused-ring (bicyclic) bond motifs is 3. The van der Waals surface area contributed by atoms with Crippen molar-refractivity contribution in [3.63, 3.8) is 0 Å². The van der Waals surface area contributed by atoms with Crippen molar-refractivity contribution in [1.29, 1.82) is 0 Å². The zero-order valence-corrected chi connectivity index (χ0v) is 20.0. The number of amides is 2. The Bertz CT molecular complexity index is 1180. The maximum absolute atomic E-state index is 12.9. The molecule has 35 heavy (non-hydrogen) atoms. The molecule has 3 aromatic rings. The Hall–Kier alpha value is -3.78. The Labute approximate surface area is 207 Å². The largest absolute Gasteiger partial charge is 0.478 e. The lowest BCUT2D eigenvalue weighted by Gasteiger charge is -2.19. The third-order valence-corrected chi connectivity index (χ3v) is 6.61. The van der Waals surface area contributed by atoms with E-state index in [4.69, 9.17) is 9.84 Å². The summed E-state index contributed by atoms with van der Waals surface area (Å²) in [5.74, 6) is -0.840. The molecule has 1 aliphatic carbocycles. The number of carbonyl (C=O) groups excluding carboxylic acids is 2. The van der Waals surface area contributed by atoms with Crippen molar-refractivity contribution in [3.8, 4) is 11.1 Å². The molecule has 3 N–H and O–H groups in total. The second-order valence-corrected chi connectivity index (χ2v) is 9.16. The smallest absolute Gasteiger partial charge is 0.407 e. The summed E-state index contributed by atoms with van der Waals surface area (Å²) >= 11 is 1.57. The van der Waals surface area contributed by atoms with Gasteiger partial charge >= 0.3 is 12.1 Å². The fourth-order valence-corrected chi connectivity index (χ4v) is 4.68. The number of ether oxygens (including phenoxy) is 1. The molecule has 0 aromatic heterocycles. The third-order valence-electron chi connectivity index (χ3n) is 5.96. The lowest BCUT2D eigenvalue weighted by Crippen LogP contribution is -2.44. The number of carbonyl (C=O) groups is 3. The molecule has 7 nitrogen and oxygen atoms in total. The molecule has 0 spiro atoms. The SMILES string of the molecule is CSCC[C@H](NC(=O)OCC1c2ccccc2-c2ccccc21)C(=O)Nc1ccc(C(=O)O)cc1. The zero-order chi connectivity index (χ0) is 24.8. The van der Waals surface area contributed by atoms with Crippen LogP contribution in [-0.2, 0) is 9.53 Å². The summed E-state index contributed by atoms with van der Waals surface area (Å²) in [5.41, 5.74) is 5.08. The van der Waals surface area contributed by atoms with Crippen LogP contribution < -0.4 is 10.6 Å². The molecule has 2 amide bonds. The van der Waals surface area contributed by atoms with E-state index in [0.29, 0.717) is 17.9 Å². The van der Waals surface area contributed by atoms with Crippen molar-refractivity contribution in [2.75, 3.05) is 23.9 Å². The van der Waals surface area contributed by atoms with E-state index < -0.39 is 24.0 Å². The summed E-state index contributed by atoms with van der Waals surface area (Å²) in [6.45, 7) is 0.160. The Kier molecular flexibility index (Phi) is 7.72. The quantitative estimate of drug-likeness (QED) is 0.391. The molecule has 8 heteroatoms. The molecule has 0 aliphatic heterocycles. The van der Waals surface area contributed by atoms with E-state index >= 15 is 0 Å². The molecule has 0 saturated heterocycles. The van der Waals surface area contributed by atoms with Gasteiger partial charge in [-0.25, -0.2) is 9.59 Å². The van der Waals surface area contributed by atoms with E-state index in [9.17, 15) is 14.4 Å². The van der Waals surface area contributed by atoms with Gasteiger partial charge in [-0.1, -0.05) is 48.5 Å². The van der Waals surface area contributed by atoms with Crippen LogP contribution in [0.4, 0.5) is 10.5 Å². The average molecular weight is 491 g/mol. The lowest BCUT2D eigenvalue weighted by atomic mass is 9.98. The second-order valence-electron chi connectivity index (χ2n) is 8.18. The fourth-order valence-electron chi connectivity index (χ4n) is 4.21. The number of alkyl carbamates (subject to hydrolysis) is 1. The van der Waals surface area contributed by atoms with Crippen LogP contribution in [0.5, 0.6) is 0 Å². The van der Waals surface area contributed by atoms with Gasteiger partial charge in [0, 0.05) is 11.6 Å². The van der Waals surface area contributed by atoms with Gasteiger partial charge in [0.05, 0.1) is 5.56 Å². The first-order chi connectivity index (χ1) is 17.0. The first-order valence-corrected chi connectivity index (χ1v) is 12.6.